The van der Waals surface area contributed by atoms with Gasteiger partial charge in [-0.2, -0.15) is 0 Å². The Morgan fingerprint density at radius 2 is 0.674 bits per heavy atom. The molecule has 43 nitrogen and oxygen atoms in total. The zero-order valence-corrected chi connectivity index (χ0v) is 50.4. The number of aliphatic hydroxyl groups excluding tert-OH is 24. The van der Waals surface area contributed by atoms with Crippen molar-refractivity contribution in [1.82, 2.24) is 10.6 Å². The summed E-state index contributed by atoms with van der Waals surface area (Å²) in [4.78, 5) is 24.8. The third-order valence-electron chi connectivity index (χ3n) is 17.4. The number of rotatable bonds is 25. The van der Waals surface area contributed by atoms with Crippen LogP contribution in [-0.4, -0.2) is 433 Å². The van der Waals surface area contributed by atoms with Crippen molar-refractivity contribution < 1.29 is 203 Å². The Hall–Kier alpha value is -2.62. The predicted molar refractivity (Wildman–Crippen MR) is 288 cm³/mol. The number of hydrogen-bond donors (Lipinski definition) is 26. The third-order valence-corrected chi connectivity index (χ3v) is 17.4. The molecule has 0 aromatic carbocycles. The van der Waals surface area contributed by atoms with E-state index in [0.29, 0.717) is 0 Å². The van der Waals surface area contributed by atoms with E-state index in [9.17, 15) is 132 Å². The van der Waals surface area contributed by atoms with Gasteiger partial charge >= 0.3 is 0 Å². The lowest BCUT2D eigenvalue weighted by atomic mass is 9.94. The first-order chi connectivity index (χ1) is 44.9. The van der Waals surface area contributed by atoms with Crippen molar-refractivity contribution in [2.45, 2.75) is 259 Å². The van der Waals surface area contributed by atoms with E-state index in [4.69, 9.17) is 71.1 Å². The molecule has 26 N–H and O–H groups in total. The van der Waals surface area contributed by atoms with Crippen molar-refractivity contribution in [3.05, 3.63) is 0 Å². The monoisotopic (exact) mass is 1400 g/mol. The van der Waals surface area contributed by atoms with Crippen LogP contribution in [0.5, 0.6) is 0 Å². The first-order valence-corrected chi connectivity index (χ1v) is 30.1. The average molecular weight is 1400 g/mol. The number of aliphatic hydroxyl groups is 24. The summed E-state index contributed by atoms with van der Waals surface area (Å²) in [7, 11) is 0. The summed E-state index contributed by atoms with van der Waals surface area (Å²) in [6.07, 6.45) is -77.2. The average Bonchev–Trinajstić information content (AvgIpc) is 1.22. The second-order valence-corrected chi connectivity index (χ2v) is 23.9. The maximum Gasteiger partial charge on any atom is 0.217 e. The molecule has 8 saturated heterocycles. The fraction of sp³-hybridized carbons (Fsp3) is 0.962. The molecule has 43 heteroatoms. The second-order valence-electron chi connectivity index (χ2n) is 23.9. The maximum atomic E-state index is 12.8. The van der Waals surface area contributed by atoms with Gasteiger partial charge in [0.2, 0.25) is 11.8 Å². The summed E-state index contributed by atoms with van der Waals surface area (Å²) in [5, 5.41) is 265. The van der Waals surface area contributed by atoms with Crippen LogP contribution in [0.1, 0.15) is 13.8 Å². The number of carbonyl (C=O) groups excluding carboxylic acids is 2. The Morgan fingerprint density at radius 1 is 0.326 bits per heavy atom. The van der Waals surface area contributed by atoms with Gasteiger partial charge in [-0.25, -0.2) is 0 Å². The molecule has 0 aromatic heterocycles. The Bertz CT molecular complexity index is 2380. The molecule has 0 aromatic rings. The highest BCUT2D eigenvalue weighted by atomic mass is 16.8. The molecular formula is C52H88N2O41. The minimum atomic E-state index is -2.40. The molecule has 0 bridgehead atoms. The van der Waals surface area contributed by atoms with Gasteiger partial charge in [0.15, 0.2) is 50.3 Å². The summed E-state index contributed by atoms with van der Waals surface area (Å²) in [5.74, 6) is -1.65. The van der Waals surface area contributed by atoms with E-state index in [1.165, 1.54) is 0 Å². The van der Waals surface area contributed by atoms with Crippen LogP contribution in [0, 0.1) is 0 Å². The van der Waals surface area contributed by atoms with Crippen molar-refractivity contribution in [3.63, 3.8) is 0 Å². The fourth-order valence-electron chi connectivity index (χ4n) is 12.1. The van der Waals surface area contributed by atoms with Gasteiger partial charge in [-0.05, 0) is 0 Å². The van der Waals surface area contributed by atoms with Crippen LogP contribution < -0.4 is 10.6 Å². The van der Waals surface area contributed by atoms with Crippen LogP contribution in [0.15, 0.2) is 0 Å². The normalized spacial score (nSPS) is 50.2. The quantitative estimate of drug-likeness (QED) is 0.0404. The SMILES string of the molecule is CC(=O)N[C@H]1[C@H](O[C@H]2[C@H](O)[C@@H](NC(C)=O)C(O)O[C@@H]2CO)O[C@H](CO)[C@@H](O[C@@H]2O[C@H](CO[C@H]3O[C@H](CO[C@H]4O[C@H](CO)[C@@H](O)[C@H](O)[C@@H]4O)[C@@H](O)[C@H](O[C@H]4O[C@H](CO)[C@@H](O)[C@H](O)[C@@H]4O[C@H]4O[C@@H]([C@H](O)CO)[C@H](O)[C@H]4O)[C@@H]3O)[C@@H](O)[C@H](O[C@H]3O[C@H](CO)[C@@H](O)[C@H](O)[C@@H]3O)[C@@H]2O)[C@@H]1O. The van der Waals surface area contributed by atoms with Crippen LogP contribution in [-0.2, 0) is 80.6 Å². The van der Waals surface area contributed by atoms with E-state index in [2.05, 4.69) is 10.6 Å². The van der Waals surface area contributed by atoms with Gasteiger partial charge in [0.1, 0.15) is 195 Å². The largest absolute Gasteiger partial charge is 0.394 e. The van der Waals surface area contributed by atoms with Crippen molar-refractivity contribution in [2.24, 2.45) is 0 Å². The van der Waals surface area contributed by atoms with Crippen molar-refractivity contribution in [2.75, 3.05) is 52.9 Å². The van der Waals surface area contributed by atoms with Crippen LogP contribution >= 0.6 is 0 Å². The van der Waals surface area contributed by atoms with Gasteiger partial charge in [-0.15, -0.1) is 0 Å². The molecule has 2 amide bonds. The van der Waals surface area contributed by atoms with Crippen LogP contribution in [0.3, 0.4) is 0 Å². The molecule has 8 heterocycles. The summed E-state index contributed by atoms with van der Waals surface area (Å²) in [6, 6.07) is -3.44. The first-order valence-electron chi connectivity index (χ1n) is 30.1. The minimum Gasteiger partial charge on any atom is -0.394 e. The number of ether oxygens (including phenoxy) is 15. The molecule has 0 spiro atoms. The summed E-state index contributed by atoms with van der Waals surface area (Å²) in [6.45, 7) is -6.24. The van der Waals surface area contributed by atoms with E-state index in [-0.39, 0.29) is 0 Å². The van der Waals surface area contributed by atoms with Crippen LogP contribution in [0.2, 0.25) is 0 Å². The zero-order chi connectivity index (χ0) is 69.9. The van der Waals surface area contributed by atoms with E-state index < -0.39 is 310 Å². The van der Waals surface area contributed by atoms with E-state index in [1.54, 1.807) is 0 Å². The number of hydrogen-bond acceptors (Lipinski definition) is 41. The standard InChI is InChI=1S/C52H88N2O41/c1-11(61)53-21-28(69)40(17(7-59)83-45(21)80)91-46-22(54-12(2)62)29(70)41(18(8-60)87-46)92-51-38(79)43(93-49-35(76)31(72)24(65)15(5-57)85-49)27(68)20(89-51)10-82-48-37(78)42(26(67)19(88-48)9-81-47-34(75)30(71)23(64)14(4-56)84-47)94-52-44(32(73)25(66)16(6-58)86-52)95-50-36(77)33(74)39(90-50)13(63)3-55/h13-52,55-60,63-80H,3-10H2,1-2H3,(H,53,61)(H,54,62)/t13-,14-,15-,16-,17-,18-,19-,20-,21-,22-,23-,24-,25-,26-,27-,28-,29-,30+,31+,32+,33-,34+,35+,36-,37+,38+,39+,40-,41-,42+,43+,44+,45?,46+,47+,48+,49-,50-,51+,52-/m1/s1. The molecule has 40 atom stereocenters. The highest BCUT2D eigenvalue weighted by molar-refractivity contribution is 5.73. The van der Waals surface area contributed by atoms with E-state index in [0.717, 1.165) is 13.8 Å². The van der Waals surface area contributed by atoms with Gasteiger partial charge in [-0.3, -0.25) is 9.59 Å². The van der Waals surface area contributed by atoms with Gasteiger partial charge < -0.3 is 204 Å². The van der Waals surface area contributed by atoms with Gasteiger partial charge in [0, 0.05) is 13.8 Å². The zero-order valence-electron chi connectivity index (χ0n) is 50.4. The predicted octanol–water partition coefficient (Wildman–Crippen LogP) is -18.2. The van der Waals surface area contributed by atoms with Crippen molar-refractivity contribution >= 4 is 11.8 Å². The molecular weight excluding hydrogens is 1310 g/mol. The highest BCUT2D eigenvalue weighted by Gasteiger charge is 2.59. The molecule has 0 aliphatic carbocycles. The van der Waals surface area contributed by atoms with Gasteiger partial charge in [-0.1, -0.05) is 0 Å². The lowest BCUT2D eigenvalue weighted by molar-refractivity contribution is -0.390. The molecule has 1 unspecified atom stereocenters. The first kappa shape index (κ1) is 78.1. The molecule has 0 radical (unpaired) electrons. The highest BCUT2D eigenvalue weighted by Crippen LogP contribution is 2.38. The lowest BCUT2D eigenvalue weighted by Gasteiger charge is -2.50. The summed E-state index contributed by atoms with van der Waals surface area (Å²) in [5.41, 5.74) is 0. The van der Waals surface area contributed by atoms with Crippen molar-refractivity contribution in [1.29, 1.82) is 0 Å². The maximum absolute atomic E-state index is 12.8. The number of nitrogens with one attached hydrogen (secondary N) is 2. The molecule has 552 valence electrons. The lowest BCUT2D eigenvalue weighted by Crippen LogP contribution is -2.70. The van der Waals surface area contributed by atoms with Gasteiger partial charge in [0.25, 0.3) is 0 Å². The summed E-state index contributed by atoms with van der Waals surface area (Å²) >= 11 is 0. The minimum absolute atomic E-state index is 0.757. The Labute approximate surface area is 536 Å². The van der Waals surface area contributed by atoms with E-state index >= 15 is 0 Å². The fourth-order valence-corrected chi connectivity index (χ4v) is 12.1. The second kappa shape index (κ2) is 33.9. The van der Waals surface area contributed by atoms with Crippen LogP contribution in [0.25, 0.3) is 0 Å². The molecule has 8 aliphatic heterocycles. The molecule has 8 fully saturated rings. The smallest absolute Gasteiger partial charge is 0.217 e. The molecule has 0 saturated carbocycles. The molecule has 8 aliphatic rings. The third kappa shape index (κ3) is 17.0. The Morgan fingerprint density at radius 3 is 1.19 bits per heavy atom. The Kier molecular flexibility index (Phi) is 27.9. The van der Waals surface area contributed by atoms with Gasteiger partial charge in [0.05, 0.1) is 52.9 Å². The van der Waals surface area contributed by atoms with Crippen molar-refractivity contribution in [3.8, 4) is 0 Å². The number of carbonyl (C=O) groups is 2. The topological polar surface area (TPSA) is 682 Å². The molecule has 8 rings (SSSR count). The summed E-state index contributed by atoms with van der Waals surface area (Å²) < 4.78 is 86.6. The van der Waals surface area contributed by atoms with Crippen LogP contribution in [0.4, 0.5) is 0 Å². The Balaban J connectivity index is 1.10. The number of amides is 2. The molecule has 95 heavy (non-hydrogen) atoms. The van der Waals surface area contributed by atoms with E-state index in [1.807, 2.05) is 0 Å².